The SMILES string of the molecule is O=C(c1cccc(C(F)(F)F)c1)N1CCC2(CC1)COCCN(Cc1cccnc1)C2. The summed E-state index contributed by atoms with van der Waals surface area (Å²) >= 11 is 0. The van der Waals surface area contributed by atoms with E-state index in [0.29, 0.717) is 26.3 Å². The lowest BCUT2D eigenvalue weighted by Gasteiger charge is -2.42. The highest BCUT2D eigenvalue weighted by Gasteiger charge is 2.39. The fourth-order valence-corrected chi connectivity index (χ4v) is 4.46. The first-order chi connectivity index (χ1) is 14.8. The first kappa shape index (κ1) is 21.8. The summed E-state index contributed by atoms with van der Waals surface area (Å²) in [5.41, 5.74) is 0.386. The number of alkyl halides is 3. The van der Waals surface area contributed by atoms with Gasteiger partial charge in [0, 0.05) is 56.1 Å². The standard InChI is InChI=1S/C23H26F3N3O2/c24-23(25,26)20-5-1-4-19(13-20)21(30)29-9-6-22(7-10-29)16-28(11-12-31-17-22)15-18-3-2-8-27-14-18/h1-5,8,13-14H,6-7,9-12,15-17H2. The number of ether oxygens (including phenoxy) is 1. The van der Waals surface area contributed by atoms with Crippen LogP contribution in [-0.4, -0.2) is 60.1 Å². The second-order valence-corrected chi connectivity index (χ2v) is 8.50. The highest BCUT2D eigenvalue weighted by Crippen LogP contribution is 2.36. The van der Waals surface area contributed by atoms with Gasteiger partial charge in [0.2, 0.25) is 0 Å². The molecule has 2 saturated heterocycles. The van der Waals surface area contributed by atoms with Gasteiger partial charge in [-0.05, 0) is 42.7 Å². The van der Waals surface area contributed by atoms with Crippen LogP contribution in [0.5, 0.6) is 0 Å². The second kappa shape index (κ2) is 8.96. The van der Waals surface area contributed by atoms with Gasteiger partial charge >= 0.3 is 6.18 Å². The van der Waals surface area contributed by atoms with Gasteiger partial charge in [-0.1, -0.05) is 12.1 Å². The predicted octanol–water partition coefficient (Wildman–Crippen LogP) is 3.86. The number of hydrogen-bond donors (Lipinski definition) is 0. The highest BCUT2D eigenvalue weighted by molar-refractivity contribution is 5.94. The first-order valence-electron chi connectivity index (χ1n) is 10.5. The third kappa shape index (κ3) is 5.25. The Kier molecular flexibility index (Phi) is 6.29. The molecule has 0 N–H and O–H groups in total. The van der Waals surface area contributed by atoms with Crippen LogP contribution in [0.25, 0.3) is 0 Å². The van der Waals surface area contributed by atoms with Crippen LogP contribution >= 0.6 is 0 Å². The van der Waals surface area contributed by atoms with Crippen molar-refractivity contribution in [1.82, 2.24) is 14.8 Å². The number of pyridine rings is 1. The molecule has 0 aliphatic carbocycles. The normalized spacial score (nSPS) is 19.9. The molecule has 0 saturated carbocycles. The van der Waals surface area contributed by atoms with Crippen LogP contribution in [0, 0.1) is 5.41 Å². The summed E-state index contributed by atoms with van der Waals surface area (Å²) in [5, 5.41) is 0. The van der Waals surface area contributed by atoms with Crippen LogP contribution in [0.4, 0.5) is 13.2 Å². The number of benzene rings is 1. The van der Waals surface area contributed by atoms with Crippen LogP contribution in [0.3, 0.4) is 0 Å². The number of carbonyl (C=O) groups is 1. The summed E-state index contributed by atoms with van der Waals surface area (Å²) in [6, 6.07) is 8.65. The van der Waals surface area contributed by atoms with Crippen molar-refractivity contribution >= 4 is 5.91 Å². The number of halogens is 3. The predicted molar refractivity (Wildman–Crippen MR) is 109 cm³/mol. The van der Waals surface area contributed by atoms with Crippen LogP contribution in [0.2, 0.25) is 0 Å². The van der Waals surface area contributed by atoms with Gasteiger partial charge in [-0.2, -0.15) is 13.2 Å². The molecule has 166 valence electrons. The molecule has 1 amide bonds. The number of amides is 1. The van der Waals surface area contributed by atoms with E-state index in [9.17, 15) is 18.0 Å². The molecule has 1 spiro atoms. The largest absolute Gasteiger partial charge is 0.416 e. The van der Waals surface area contributed by atoms with E-state index in [4.69, 9.17) is 4.74 Å². The number of rotatable bonds is 3. The number of likely N-dealkylation sites (tertiary alicyclic amines) is 1. The van der Waals surface area contributed by atoms with Crippen molar-refractivity contribution in [2.45, 2.75) is 25.6 Å². The Morgan fingerprint density at radius 3 is 2.65 bits per heavy atom. The molecule has 2 aliphatic rings. The molecule has 0 radical (unpaired) electrons. The molecule has 4 rings (SSSR count). The zero-order valence-corrected chi connectivity index (χ0v) is 17.3. The van der Waals surface area contributed by atoms with Crippen LogP contribution in [0.15, 0.2) is 48.8 Å². The molecular weight excluding hydrogens is 407 g/mol. The van der Waals surface area contributed by atoms with Crippen molar-refractivity contribution in [2.24, 2.45) is 5.41 Å². The average molecular weight is 433 g/mol. The first-order valence-corrected chi connectivity index (χ1v) is 10.5. The van der Waals surface area contributed by atoms with Gasteiger partial charge < -0.3 is 9.64 Å². The number of carbonyl (C=O) groups excluding carboxylic acids is 1. The molecule has 0 bridgehead atoms. The fraction of sp³-hybridized carbons (Fsp3) is 0.478. The van der Waals surface area contributed by atoms with E-state index in [-0.39, 0.29) is 16.9 Å². The van der Waals surface area contributed by atoms with Crippen molar-refractivity contribution in [1.29, 1.82) is 0 Å². The van der Waals surface area contributed by atoms with Gasteiger partial charge in [0.05, 0.1) is 18.8 Å². The molecule has 5 nitrogen and oxygen atoms in total. The third-order valence-electron chi connectivity index (χ3n) is 6.20. The average Bonchev–Trinajstić information content (AvgIpc) is 2.96. The van der Waals surface area contributed by atoms with Gasteiger partial charge in [0.1, 0.15) is 0 Å². The summed E-state index contributed by atoms with van der Waals surface area (Å²) in [6.07, 6.45) is 0.697. The van der Waals surface area contributed by atoms with Crippen LogP contribution in [0.1, 0.15) is 34.3 Å². The Bertz CT molecular complexity index is 896. The smallest absolute Gasteiger partial charge is 0.379 e. The van der Waals surface area contributed by atoms with Crippen molar-refractivity contribution in [2.75, 3.05) is 39.4 Å². The maximum absolute atomic E-state index is 13.0. The summed E-state index contributed by atoms with van der Waals surface area (Å²) in [7, 11) is 0. The maximum Gasteiger partial charge on any atom is 0.416 e. The number of hydrogen-bond acceptors (Lipinski definition) is 4. The van der Waals surface area contributed by atoms with Crippen LogP contribution < -0.4 is 0 Å². The van der Waals surface area contributed by atoms with E-state index in [1.807, 2.05) is 12.3 Å². The lowest BCUT2D eigenvalue weighted by atomic mass is 9.78. The minimum absolute atomic E-state index is 0.0523. The Morgan fingerprint density at radius 1 is 1.13 bits per heavy atom. The van der Waals surface area contributed by atoms with E-state index in [1.165, 1.54) is 12.1 Å². The molecule has 1 aromatic heterocycles. The molecule has 3 heterocycles. The number of nitrogens with zero attached hydrogens (tertiary/aromatic N) is 3. The zero-order chi connectivity index (χ0) is 21.9. The number of aromatic nitrogens is 1. The van der Waals surface area contributed by atoms with E-state index in [2.05, 4.69) is 16.0 Å². The Balaban J connectivity index is 1.40. The third-order valence-corrected chi connectivity index (χ3v) is 6.20. The Hall–Kier alpha value is -2.45. The molecular formula is C23H26F3N3O2. The van der Waals surface area contributed by atoms with E-state index < -0.39 is 11.7 Å². The van der Waals surface area contributed by atoms with Gasteiger partial charge in [-0.3, -0.25) is 14.7 Å². The van der Waals surface area contributed by atoms with Crippen molar-refractivity contribution < 1.29 is 22.7 Å². The monoisotopic (exact) mass is 433 g/mol. The minimum atomic E-state index is -4.46. The van der Waals surface area contributed by atoms with Gasteiger partial charge in [-0.15, -0.1) is 0 Å². The van der Waals surface area contributed by atoms with Gasteiger partial charge in [-0.25, -0.2) is 0 Å². The lowest BCUT2D eigenvalue weighted by molar-refractivity contribution is -0.137. The maximum atomic E-state index is 13.0. The van der Waals surface area contributed by atoms with Crippen molar-refractivity contribution in [3.05, 3.63) is 65.5 Å². The minimum Gasteiger partial charge on any atom is -0.379 e. The van der Waals surface area contributed by atoms with Gasteiger partial charge in [0.15, 0.2) is 0 Å². The number of piperidine rings is 1. The van der Waals surface area contributed by atoms with Crippen molar-refractivity contribution in [3.63, 3.8) is 0 Å². The molecule has 31 heavy (non-hydrogen) atoms. The molecule has 8 heteroatoms. The second-order valence-electron chi connectivity index (χ2n) is 8.50. The summed E-state index contributed by atoms with van der Waals surface area (Å²) in [5.74, 6) is -0.345. The lowest BCUT2D eigenvalue weighted by Crippen LogP contribution is -2.48. The van der Waals surface area contributed by atoms with E-state index in [1.54, 1.807) is 11.1 Å². The molecule has 1 aromatic carbocycles. The van der Waals surface area contributed by atoms with Crippen LogP contribution in [-0.2, 0) is 17.5 Å². The molecule has 0 atom stereocenters. The zero-order valence-electron chi connectivity index (χ0n) is 17.3. The Labute approximate surface area is 179 Å². The summed E-state index contributed by atoms with van der Waals surface area (Å²) in [4.78, 5) is 21.1. The fourth-order valence-electron chi connectivity index (χ4n) is 4.46. The van der Waals surface area contributed by atoms with Gasteiger partial charge in [0.25, 0.3) is 5.91 Å². The quantitative estimate of drug-likeness (QED) is 0.738. The topological polar surface area (TPSA) is 45.7 Å². The summed E-state index contributed by atoms with van der Waals surface area (Å²) < 4.78 is 44.9. The Morgan fingerprint density at radius 2 is 1.94 bits per heavy atom. The molecule has 2 aromatic rings. The van der Waals surface area contributed by atoms with Crippen molar-refractivity contribution in [3.8, 4) is 0 Å². The molecule has 2 aliphatic heterocycles. The highest BCUT2D eigenvalue weighted by atomic mass is 19.4. The van der Waals surface area contributed by atoms with E-state index >= 15 is 0 Å². The molecule has 2 fully saturated rings. The van der Waals surface area contributed by atoms with E-state index in [0.717, 1.165) is 50.2 Å². The summed E-state index contributed by atoms with van der Waals surface area (Å²) in [6.45, 7) is 4.83. The molecule has 0 unspecified atom stereocenters.